The highest BCUT2D eigenvalue weighted by molar-refractivity contribution is 7.91. The van der Waals surface area contributed by atoms with Gasteiger partial charge in [0.05, 0.1) is 11.5 Å². The number of ether oxygens (including phenoxy) is 1. The molecule has 1 saturated carbocycles. The first-order valence-electron chi connectivity index (χ1n) is 8.91. The first kappa shape index (κ1) is 19.7. The van der Waals surface area contributed by atoms with E-state index < -0.39 is 51.6 Å². The van der Waals surface area contributed by atoms with Crippen molar-refractivity contribution in [1.29, 1.82) is 0 Å². The molecule has 6 nitrogen and oxygen atoms in total. The third-order valence-electron chi connectivity index (χ3n) is 5.10. The summed E-state index contributed by atoms with van der Waals surface area (Å²) in [7, 11) is -3.19. The molecule has 0 radical (unpaired) electrons. The fourth-order valence-corrected chi connectivity index (χ4v) is 5.56. The number of amides is 1. The molecule has 0 N–H and O–H groups in total. The summed E-state index contributed by atoms with van der Waals surface area (Å²) in [5.74, 6) is -4.01. The molecule has 3 rings (SSSR count). The summed E-state index contributed by atoms with van der Waals surface area (Å²) in [5, 5.41) is 0. The lowest BCUT2D eigenvalue weighted by molar-refractivity contribution is -0.139. The van der Waals surface area contributed by atoms with Crippen molar-refractivity contribution in [3.8, 4) is 0 Å². The van der Waals surface area contributed by atoms with E-state index in [1.54, 1.807) is 0 Å². The summed E-state index contributed by atoms with van der Waals surface area (Å²) in [4.78, 5) is 26.2. The second-order valence-corrected chi connectivity index (χ2v) is 9.20. The van der Waals surface area contributed by atoms with E-state index in [1.807, 2.05) is 0 Å². The van der Waals surface area contributed by atoms with Gasteiger partial charge in [0.25, 0.3) is 5.91 Å². The molecule has 0 spiro atoms. The van der Waals surface area contributed by atoms with Crippen LogP contribution in [0, 0.1) is 11.6 Å². The molecule has 27 heavy (non-hydrogen) atoms. The number of rotatable bonds is 5. The quantitative estimate of drug-likeness (QED) is 0.706. The van der Waals surface area contributed by atoms with Gasteiger partial charge in [0.1, 0.15) is 17.2 Å². The lowest BCUT2D eigenvalue weighted by Crippen LogP contribution is -2.48. The van der Waals surface area contributed by atoms with Crippen LogP contribution in [0.2, 0.25) is 0 Å². The molecule has 148 valence electrons. The fraction of sp³-hybridized carbons (Fsp3) is 0.556. The van der Waals surface area contributed by atoms with E-state index in [9.17, 15) is 26.8 Å². The van der Waals surface area contributed by atoms with E-state index in [1.165, 1.54) is 4.90 Å². The maximum Gasteiger partial charge on any atom is 0.344 e. The largest absolute Gasteiger partial charge is 0.452 e. The summed E-state index contributed by atoms with van der Waals surface area (Å²) in [6.45, 7) is -0.681. The summed E-state index contributed by atoms with van der Waals surface area (Å²) in [6.07, 6.45) is 3.75. The lowest BCUT2D eigenvalue weighted by atomic mass is 10.1. The SMILES string of the molecule is O=C(OCC(=O)N(C1CCCC1)[C@@H]1CCS(=O)(=O)C1)c1c(F)cccc1F. The Bertz CT molecular complexity index is 816. The van der Waals surface area contributed by atoms with Gasteiger partial charge in [-0.1, -0.05) is 18.9 Å². The van der Waals surface area contributed by atoms with Gasteiger partial charge in [-0.2, -0.15) is 0 Å². The second-order valence-electron chi connectivity index (χ2n) is 6.97. The fourth-order valence-electron chi connectivity index (χ4n) is 3.85. The predicted molar refractivity (Wildman–Crippen MR) is 92.8 cm³/mol. The molecule has 2 fully saturated rings. The second kappa shape index (κ2) is 7.92. The highest BCUT2D eigenvalue weighted by atomic mass is 32.2. The van der Waals surface area contributed by atoms with Gasteiger partial charge < -0.3 is 9.64 Å². The Morgan fingerprint density at radius 3 is 2.26 bits per heavy atom. The summed E-state index contributed by atoms with van der Waals surface area (Å²) < 4.78 is 55.8. The van der Waals surface area contributed by atoms with Crippen LogP contribution in [0.15, 0.2) is 18.2 Å². The molecule has 0 bridgehead atoms. The Hall–Kier alpha value is -2.03. The number of hydrogen-bond donors (Lipinski definition) is 0. The molecular formula is C18H21F2NO5S. The van der Waals surface area contributed by atoms with Gasteiger partial charge in [-0.3, -0.25) is 4.79 Å². The molecule has 1 aliphatic heterocycles. The summed E-state index contributed by atoms with van der Waals surface area (Å²) in [6, 6.07) is 2.43. The van der Waals surface area contributed by atoms with Crippen molar-refractivity contribution in [1.82, 2.24) is 4.90 Å². The smallest absolute Gasteiger partial charge is 0.344 e. The third-order valence-corrected chi connectivity index (χ3v) is 6.85. The Morgan fingerprint density at radius 1 is 1.07 bits per heavy atom. The van der Waals surface area contributed by atoms with Crippen molar-refractivity contribution in [3.63, 3.8) is 0 Å². The van der Waals surface area contributed by atoms with Crippen molar-refractivity contribution in [2.24, 2.45) is 0 Å². The zero-order chi connectivity index (χ0) is 19.6. The first-order chi connectivity index (χ1) is 12.8. The highest BCUT2D eigenvalue weighted by Gasteiger charge is 2.39. The van der Waals surface area contributed by atoms with Crippen LogP contribution in [-0.2, 0) is 19.4 Å². The summed E-state index contributed by atoms with van der Waals surface area (Å²) in [5.41, 5.74) is -0.846. The monoisotopic (exact) mass is 401 g/mol. The van der Waals surface area contributed by atoms with Crippen LogP contribution in [-0.4, -0.2) is 55.4 Å². The minimum Gasteiger partial charge on any atom is -0.452 e. The zero-order valence-corrected chi connectivity index (χ0v) is 15.5. The van der Waals surface area contributed by atoms with Crippen LogP contribution in [0.3, 0.4) is 0 Å². The number of esters is 1. The van der Waals surface area contributed by atoms with Crippen LogP contribution in [0.4, 0.5) is 8.78 Å². The Morgan fingerprint density at radius 2 is 1.70 bits per heavy atom. The van der Waals surface area contributed by atoms with Gasteiger partial charge in [-0.15, -0.1) is 0 Å². The molecule has 1 atom stereocenters. The van der Waals surface area contributed by atoms with E-state index in [0.717, 1.165) is 43.9 Å². The Kier molecular flexibility index (Phi) is 5.78. The van der Waals surface area contributed by atoms with Crippen molar-refractivity contribution < 1.29 is 31.5 Å². The average Bonchev–Trinajstić information content (AvgIpc) is 3.23. The van der Waals surface area contributed by atoms with Crippen molar-refractivity contribution in [3.05, 3.63) is 35.4 Å². The molecule has 2 aliphatic rings. The van der Waals surface area contributed by atoms with Crippen LogP contribution in [0.1, 0.15) is 42.5 Å². The van der Waals surface area contributed by atoms with Crippen LogP contribution in [0.5, 0.6) is 0 Å². The average molecular weight is 401 g/mol. The van der Waals surface area contributed by atoms with Crippen LogP contribution < -0.4 is 0 Å². The molecule has 9 heteroatoms. The number of sulfone groups is 1. The topological polar surface area (TPSA) is 80.8 Å². The van der Waals surface area contributed by atoms with Crippen molar-refractivity contribution >= 4 is 21.7 Å². The van der Waals surface area contributed by atoms with Crippen LogP contribution >= 0.6 is 0 Å². The van der Waals surface area contributed by atoms with Gasteiger partial charge in [0.15, 0.2) is 16.4 Å². The van der Waals surface area contributed by atoms with E-state index >= 15 is 0 Å². The predicted octanol–water partition coefficient (Wildman–Crippen LogP) is 2.08. The van der Waals surface area contributed by atoms with E-state index in [-0.39, 0.29) is 17.5 Å². The molecular weight excluding hydrogens is 380 g/mol. The van der Waals surface area contributed by atoms with Gasteiger partial charge >= 0.3 is 5.97 Å². The van der Waals surface area contributed by atoms with Crippen molar-refractivity contribution in [2.75, 3.05) is 18.1 Å². The molecule has 1 aromatic rings. The molecule has 1 aliphatic carbocycles. The number of carbonyl (C=O) groups is 2. The van der Waals surface area contributed by atoms with Crippen molar-refractivity contribution in [2.45, 2.75) is 44.2 Å². The molecule has 1 heterocycles. The molecule has 1 amide bonds. The maximum atomic E-state index is 13.7. The number of hydrogen-bond acceptors (Lipinski definition) is 5. The van der Waals surface area contributed by atoms with Gasteiger partial charge in [0, 0.05) is 12.1 Å². The third kappa shape index (κ3) is 4.45. The molecule has 1 aromatic carbocycles. The Balaban J connectivity index is 1.70. The zero-order valence-electron chi connectivity index (χ0n) is 14.7. The highest BCUT2D eigenvalue weighted by Crippen LogP contribution is 2.29. The number of carbonyl (C=O) groups excluding carboxylic acids is 2. The van der Waals surface area contributed by atoms with E-state index in [2.05, 4.69) is 0 Å². The number of nitrogens with zero attached hydrogens (tertiary/aromatic N) is 1. The first-order valence-corrected chi connectivity index (χ1v) is 10.7. The minimum absolute atomic E-state index is 0.0222. The summed E-state index contributed by atoms with van der Waals surface area (Å²) >= 11 is 0. The Labute approximate surface area is 156 Å². The van der Waals surface area contributed by atoms with Gasteiger partial charge in [-0.25, -0.2) is 22.0 Å². The maximum absolute atomic E-state index is 13.7. The molecule has 1 saturated heterocycles. The van der Waals surface area contributed by atoms with E-state index in [4.69, 9.17) is 4.74 Å². The van der Waals surface area contributed by atoms with Crippen LogP contribution in [0.25, 0.3) is 0 Å². The standard InChI is InChI=1S/C18H21F2NO5S/c19-14-6-3-7-15(20)17(14)18(23)26-10-16(22)21(12-4-1-2-5-12)13-8-9-27(24,25)11-13/h3,6-7,12-13H,1-2,4-5,8-11H2/t13-/m1/s1. The normalized spacial score (nSPS) is 21.9. The lowest BCUT2D eigenvalue weighted by Gasteiger charge is -2.33. The minimum atomic E-state index is -3.19. The van der Waals surface area contributed by atoms with Gasteiger partial charge in [-0.05, 0) is 31.4 Å². The molecule has 0 aromatic heterocycles. The molecule has 0 unspecified atom stereocenters. The van der Waals surface area contributed by atoms with E-state index in [0.29, 0.717) is 6.42 Å². The van der Waals surface area contributed by atoms with Gasteiger partial charge in [0.2, 0.25) is 0 Å². The number of halogens is 2. The number of benzene rings is 1.